The number of sulfonamides is 1. The van der Waals surface area contributed by atoms with Gasteiger partial charge >= 0.3 is 6.18 Å². The lowest BCUT2D eigenvalue weighted by Gasteiger charge is -2.30. The van der Waals surface area contributed by atoms with Gasteiger partial charge in [0.15, 0.2) is 0 Å². The minimum Gasteiger partial charge on any atom is -0.496 e. The Kier molecular flexibility index (Phi) is 11.9. The van der Waals surface area contributed by atoms with Gasteiger partial charge in [-0.1, -0.05) is 25.0 Å². The number of pyridine rings is 1. The smallest absolute Gasteiger partial charge is 0.408 e. The van der Waals surface area contributed by atoms with Crippen LogP contribution in [0.25, 0.3) is 10.9 Å². The Balaban J connectivity index is 1.12. The first-order valence-corrected chi connectivity index (χ1v) is 23.0. The zero-order chi connectivity index (χ0) is 44.9. The molecule has 16 nitrogen and oxygen atoms in total. The van der Waals surface area contributed by atoms with E-state index in [0.29, 0.717) is 71.5 Å². The van der Waals surface area contributed by atoms with Crippen molar-refractivity contribution in [3.8, 4) is 17.4 Å². The predicted molar refractivity (Wildman–Crippen MR) is 221 cm³/mol. The van der Waals surface area contributed by atoms with Gasteiger partial charge in [0.1, 0.15) is 53.6 Å². The highest BCUT2D eigenvalue weighted by Crippen LogP contribution is 2.48. The van der Waals surface area contributed by atoms with E-state index in [1.165, 1.54) is 4.90 Å². The molecule has 0 unspecified atom stereocenters. The van der Waals surface area contributed by atoms with Crippen molar-refractivity contribution in [3.63, 3.8) is 0 Å². The molecule has 4 amide bonds. The van der Waals surface area contributed by atoms with E-state index < -0.39 is 80.8 Å². The van der Waals surface area contributed by atoms with Gasteiger partial charge in [0, 0.05) is 35.6 Å². The number of rotatable bonds is 11. The van der Waals surface area contributed by atoms with E-state index in [9.17, 15) is 40.8 Å². The maximum absolute atomic E-state index is 14.8. The van der Waals surface area contributed by atoms with Crippen LogP contribution in [0, 0.1) is 12.8 Å². The number of methoxy groups -OCH3 is 1. The number of allylic oxidation sites excluding steroid dienone is 1. The molecule has 4 fully saturated rings. The predicted octanol–water partition coefficient (Wildman–Crippen LogP) is 4.78. The third-order valence-corrected chi connectivity index (χ3v) is 15.1. The number of halogens is 3. The number of aryl methyl sites for hydroxylation is 1. The Morgan fingerprint density at radius 3 is 2.49 bits per heavy atom. The van der Waals surface area contributed by atoms with Crippen molar-refractivity contribution >= 4 is 44.6 Å². The van der Waals surface area contributed by atoms with Gasteiger partial charge in [-0.2, -0.15) is 18.3 Å². The normalized spacial score (nSPS) is 26.3. The van der Waals surface area contributed by atoms with E-state index in [2.05, 4.69) is 20.5 Å². The van der Waals surface area contributed by atoms with Crippen molar-refractivity contribution in [3.05, 3.63) is 53.9 Å². The molecule has 0 bridgehead atoms. The summed E-state index contributed by atoms with van der Waals surface area (Å²) in [7, 11) is -2.52. The molecule has 1 saturated heterocycles. The number of nitrogens with one attached hydrogen (secondary N) is 3. The number of hydrogen-bond donors (Lipinski definition) is 3. The largest absolute Gasteiger partial charge is 0.496 e. The van der Waals surface area contributed by atoms with Crippen LogP contribution in [0.15, 0.2) is 42.6 Å². The number of carbonyl (C=O) groups excluding carboxylic acids is 4. The molecule has 3 aliphatic carbocycles. The molecular formula is C43H52F3N7O9S. The molecule has 5 aliphatic rings. The first kappa shape index (κ1) is 44.2. The van der Waals surface area contributed by atoms with Gasteiger partial charge in [-0.25, -0.2) is 13.4 Å². The average Bonchev–Trinajstić information content (AvgIpc) is 4.00. The molecule has 20 heteroatoms. The number of nitrogens with zero attached hydrogens (tertiary/aromatic N) is 4. The summed E-state index contributed by atoms with van der Waals surface area (Å²) in [6.07, 6.45) is 5.43. The van der Waals surface area contributed by atoms with E-state index in [1.807, 2.05) is 19.1 Å². The van der Waals surface area contributed by atoms with Gasteiger partial charge in [-0.05, 0) is 89.8 Å². The molecule has 3 saturated carbocycles. The fraction of sp³-hybridized carbons (Fsp3) is 0.581. The second-order valence-electron chi connectivity index (χ2n) is 17.7. The fourth-order valence-electron chi connectivity index (χ4n) is 8.51. The van der Waals surface area contributed by atoms with Crippen LogP contribution in [0.2, 0.25) is 0 Å². The molecule has 3 aromatic rings. The summed E-state index contributed by atoms with van der Waals surface area (Å²) >= 11 is 0. The van der Waals surface area contributed by atoms with Crippen molar-refractivity contribution in [1.82, 2.24) is 35.0 Å². The van der Waals surface area contributed by atoms with Crippen molar-refractivity contribution in [2.75, 3.05) is 13.7 Å². The van der Waals surface area contributed by atoms with E-state index in [-0.39, 0.29) is 37.6 Å². The highest BCUT2D eigenvalue weighted by Gasteiger charge is 2.63. The zero-order valence-corrected chi connectivity index (χ0v) is 36.1. The minimum absolute atomic E-state index is 0.0139. The SMILES string of the molecule is COc1ccc2c(O[C@@H]3C[C@H]4C(=O)N[C@]5(C(=O)NS(=O)(=O)C6(C)CC6)C[C@H]5C=CCCCCC[C@H](NC(=O)c5ccn(CC(F)(F)F)n5)C(=O)N4C3)cc(OC3CCC3)nc2c1C. The molecule has 0 spiro atoms. The van der Waals surface area contributed by atoms with Crippen molar-refractivity contribution < 1.29 is 55.0 Å². The molecule has 8 rings (SSSR count). The Morgan fingerprint density at radius 2 is 1.79 bits per heavy atom. The van der Waals surface area contributed by atoms with Crippen LogP contribution in [-0.4, -0.2) is 106 Å². The topological polar surface area (TPSA) is 200 Å². The van der Waals surface area contributed by atoms with Gasteiger partial charge in [0.2, 0.25) is 27.7 Å². The summed E-state index contributed by atoms with van der Waals surface area (Å²) < 4.78 is 86.0. The Morgan fingerprint density at radius 1 is 1.02 bits per heavy atom. The molecular weight excluding hydrogens is 848 g/mol. The first-order chi connectivity index (χ1) is 29.9. The van der Waals surface area contributed by atoms with Gasteiger partial charge < -0.3 is 29.7 Å². The monoisotopic (exact) mass is 899 g/mol. The number of benzene rings is 1. The lowest BCUT2D eigenvalue weighted by Crippen LogP contribution is -2.58. The average molecular weight is 900 g/mol. The van der Waals surface area contributed by atoms with Crippen molar-refractivity contribution in [1.29, 1.82) is 0 Å². The zero-order valence-electron chi connectivity index (χ0n) is 35.3. The highest BCUT2D eigenvalue weighted by molar-refractivity contribution is 7.91. The van der Waals surface area contributed by atoms with E-state index in [4.69, 9.17) is 19.2 Å². The number of fused-ring (bicyclic) bond motifs is 3. The summed E-state index contributed by atoms with van der Waals surface area (Å²) in [5.74, 6) is -2.34. The number of aromatic nitrogens is 3. The molecule has 1 aromatic carbocycles. The van der Waals surface area contributed by atoms with Gasteiger partial charge in [-0.15, -0.1) is 0 Å². The van der Waals surface area contributed by atoms with Crippen LogP contribution >= 0.6 is 0 Å². The third kappa shape index (κ3) is 9.31. The number of amides is 4. The molecule has 63 heavy (non-hydrogen) atoms. The van der Waals surface area contributed by atoms with Crippen molar-refractivity contribution in [2.45, 2.75) is 138 Å². The second kappa shape index (κ2) is 17.0. The number of hydrogen-bond acceptors (Lipinski definition) is 11. The maximum atomic E-state index is 14.8. The van der Waals surface area contributed by atoms with Crippen molar-refractivity contribution in [2.24, 2.45) is 5.92 Å². The molecule has 0 radical (unpaired) electrons. The Bertz CT molecular complexity index is 2430. The summed E-state index contributed by atoms with van der Waals surface area (Å²) in [4.78, 5) is 63.1. The third-order valence-electron chi connectivity index (χ3n) is 13.0. The molecule has 340 valence electrons. The molecule has 5 atom stereocenters. The highest BCUT2D eigenvalue weighted by atomic mass is 32.2. The Labute approximate surface area is 362 Å². The lowest BCUT2D eigenvalue weighted by molar-refractivity contribution is -0.142. The molecule has 2 aliphatic heterocycles. The number of alkyl halides is 3. The van der Waals surface area contributed by atoms with Crippen LogP contribution < -0.4 is 29.6 Å². The quantitative estimate of drug-likeness (QED) is 0.224. The van der Waals surface area contributed by atoms with E-state index in [1.54, 1.807) is 32.2 Å². The number of carbonyl (C=O) groups is 4. The van der Waals surface area contributed by atoms with Gasteiger partial charge in [0.05, 0.1) is 23.9 Å². The standard InChI is InChI=1S/C43H52F3N7O9S/c1-25-33(60-3)15-14-29-34(21-35(48-36(25)29)62-27-11-9-12-27)61-28-20-32-38(55)49-42(40(57)51-63(58,59)41(2)17-18-41)22-26(42)10-7-5-4-6-8-13-31(39(56)53(32)23-28)47-37(54)30-16-19-52(50-30)24-43(44,45)46/h7,10,14-16,19,21,26-28,31-32H,4-6,8-9,11-13,17-18,20,22-24H2,1-3H3,(H,47,54)(H,49,55)(H,51,57)/t26-,28-,31+,32+,42-/m1/s1. The van der Waals surface area contributed by atoms with Crippen LogP contribution in [0.1, 0.15) is 100 Å². The minimum atomic E-state index is -4.58. The maximum Gasteiger partial charge on any atom is 0.408 e. The van der Waals surface area contributed by atoms with Crippen LogP contribution in [0.3, 0.4) is 0 Å². The van der Waals surface area contributed by atoms with E-state index >= 15 is 0 Å². The molecule has 2 aromatic heterocycles. The first-order valence-electron chi connectivity index (χ1n) is 21.5. The Hall–Kier alpha value is -5.40. The lowest BCUT2D eigenvalue weighted by atomic mass is 9.96. The second-order valence-corrected chi connectivity index (χ2v) is 19.9. The van der Waals surface area contributed by atoms with E-state index in [0.717, 1.165) is 37.1 Å². The summed E-state index contributed by atoms with van der Waals surface area (Å²) in [6, 6.07) is 3.89. The van der Waals surface area contributed by atoms with Gasteiger partial charge in [0.25, 0.3) is 11.8 Å². The van der Waals surface area contributed by atoms with Gasteiger partial charge in [-0.3, -0.25) is 28.6 Å². The van der Waals surface area contributed by atoms with Crippen LogP contribution in [0.5, 0.6) is 17.4 Å². The summed E-state index contributed by atoms with van der Waals surface area (Å²) in [5.41, 5.74) is -0.638. The van der Waals surface area contributed by atoms with Crippen LogP contribution in [-0.2, 0) is 31.0 Å². The number of ether oxygens (including phenoxy) is 3. The molecule has 4 heterocycles. The molecule has 3 N–H and O–H groups in total. The van der Waals surface area contributed by atoms with Crippen LogP contribution in [0.4, 0.5) is 13.2 Å². The summed E-state index contributed by atoms with van der Waals surface area (Å²) in [6.45, 7) is 1.86. The fourth-order valence-corrected chi connectivity index (χ4v) is 9.82. The summed E-state index contributed by atoms with van der Waals surface area (Å²) in [5, 5.41) is 9.93.